The third kappa shape index (κ3) is 3.50. The van der Waals surface area contributed by atoms with Crippen molar-refractivity contribution < 1.29 is 29.4 Å². The van der Waals surface area contributed by atoms with E-state index in [1.165, 1.54) is 5.57 Å². The van der Waals surface area contributed by atoms with Crippen LogP contribution in [-0.2, 0) is 19.2 Å². The van der Waals surface area contributed by atoms with Gasteiger partial charge in [0.25, 0.3) is 0 Å². The molecule has 6 aliphatic rings. The van der Waals surface area contributed by atoms with Gasteiger partial charge in [0.1, 0.15) is 0 Å². The van der Waals surface area contributed by atoms with E-state index in [4.69, 9.17) is 0 Å². The Morgan fingerprint density at radius 1 is 0.878 bits per heavy atom. The predicted molar refractivity (Wildman–Crippen MR) is 154 cm³/mol. The van der Waals surface area contributed by atoms with Gasteiger partial charge >= 0.3 is 11.9 Å². The molecule has 6 rings (SSSR count). The second kappa shape index (κ2) is 8.69. The number of aliphatic carboxylic acids is 2. The molecule has 226 valence electrons. The summed E-state index contributed by atoms with van der Waals surface area (Å²) in [5, 5.41) is 20.9. The average Bonchev–Trinajstić information content (AvgIpc) is 3.31. The second-order valence-corrected chi connectivity index (χ2v) is 16.4. The number of nitrogens with zero attached hydrogens (tertiary/aromatic N) is 1. The maximum absolute atomic E-state index is 14.5. The highest BCUT2D eigenvalue weighted by molar-refractivity contribution is 5.96. The number of carboxylic acid groups (broad SMARTS) is 2. The number of hydrogen-bond donors (Lipinski definition) is 2. The van der Waals surface area contributed by atoms with Gasteiger partial charge in [0.05, 0.1) is 10.8 Å². The first-order valence-corrected chi connectivity index (χ1v) is 16.0. The van der Waals surface area contributed by atoms with Gasteiger partial charge in [-0.3, -0.25) is 19.2 Å². The lowest BCUT2D eigenvalue weighted by Crippen LogP contribution is -2.69. The van der Waals surface area contributed by atoms with Crippen LogP contribution in [0.3, 0.4) is 0 Å². The molecule has 1 saturated heterocycles. The van der Waals surface area contributed by atoms with Crippen molar-refractivity contribution in [2.45, 2.75) is 118 Å². The zero-order chi connectivity index (χ0) is 30.0. The fourth-order valence-corrected chi connectivity index (χ4v) is 11.8. The molecule has 1 amide bonds. The number of likely N-dealkylation sites (tertiary alicyclic amines) is 1. The maximum Gasteiger partial charge on any atom is 0.311 e. The number of hydrogen-bond acceptors (Lipinski definition) is 4. The number of fused-ring (bicyclic) bond motifs is 7. The van der Waals surface area contributed by atoms with E-state index < -0.39 is 28.2 Å². The molecular weight excluding hydrogens is 518 g/mol. The quantitative estimate of drug-likeness (QED) is 0.426. The van der Waals surface area contributed by atoms with Crippen LogP contribution >= 0.6 is 0 Å². The minimum absolute atomic E-state index is 0.00686. The molecule has 0 aromatic rings. The Balaban J connectivity index is 1.43. The van der Waals surface area contributed by atoms with Gasteiger partial charge < -0.3 is 15.1 Å². The molecule has 1 heterocycles. The highest BCUT2D eigenvalue weighted by atomic mass is 16.4. The third-order valence-corrected chi connectivity index (χ3v) is 14.7. The van der Waals surface area contributed by atoms with Crippen LogP contribution in [0.25, 0.3) is 0 Å². The minimum atomic E-state index is -1.11. The molecule has 2 N–H and O–H groups in total. The van der Waals surface area contributed by atoms with Crippen LogP contribution < -0.4 is 0 Å². The van der Waals surface area contributed by atoms with Crippen LogP contribution in [0.4, 0.5) is 0 Å². The molecule has 0 aromatic heterocycles. The van der Waals surface area contributed by atoms with Gasteiger partial charge in [-0.15, -0.1) is 0 Å². The number of carboxylic acids is 2. The van der Waals surface area contributed by atoms with Gasteiger partial charge in [0.15, 0.2) is 5.78 Å². The smallest absolute Gasteiger partial charge is 0.311 e. The van der Waals surface area contributed by atoms with Crippen molar-refractivity contribution in [2.24, 2.45) is 50.2 Å². The number of amides is 1. The molecule has 41 heavy (non-hydrogen) atoms. The number of carbonyl (C=O) groups excluding carboxylic acids is 2. The van der Waals surface area contributed by atoms with Gasteiger partial charge in [0, 0.05) is 24.9 Å². The Hall–Kier alpha value is -2.18. The van der Waals surface area contributed by atoms with Crippen molar-refractivity contribution in [2.75, 3.05) is 6.54 Å². The van der Waals surface area contributed by atoms with E-state index in [9.17, 15) is 29.4 Å². The molecule has 5 aliphatic carbocycles. The summed E-state index contributed by atoms with van der Waals surface area (Å²) in [7, 11) is 0. The van der Waals surface area contributed by atoms with E-state index in [1.807, 2.05) is 24.8 Å². The van der Waals surface area contributed by atoms with Gasteiger partial charge in [-0.05, 0) is 118 Å². The monoisotopic (exact) mass is 567 g/mol. The third-order valence-electron chi connectivity index (χ3n) is 14.7. The van der Waals surface area contributed by atoms with Crippen molar-refractivity contribution in [3.63, 3.8) is 0 Å². The summed E-state index contributed by atoms with van der Waals surface area (Å²) in [6.45, 7) is 13.5. The lowest BCUT2D eigenvalue weighted by Gasteiger charge is -2.70. The lowest BCUT2D eigenvalue weighted by molar-refractivity contribution is -0.208. The van der Waals surface area contributed by atoms with E-state index in [-0.39, 0.29) is 51.7 Å². The number of ketones is 1. The average molecular weight is 568 g/mol. The standard InChI is InChI=1S/C34H49NO6/c1-29-13-14-30(2,27(38)39)19-21(29)20-18-22(36)26-31(3)11-10-24(35-17-7-8-25(35)37)34(6,28(40)41)23(31)9-12-33(26,5)32(20,4)16-15-29/h18,21,23-24,26H,7-17,19H2,1-6H3,(H,38,39)(H,40,41)/t21-,23+,24-,26+,29+,30-,31-,32+,33+,34-/m0/s1. The van der Waals surface area contributed by atoms with Gasteiger partial charge in [-0.2, -0.15) is 0 Å². The highest BCUT2D eigenvalue weighted by Gasteiger charge is 2.72. The molecule has 0 radical (unpaired) electrons. The SMILES string of the molecule is C[C@]1(C(=O)O)CC[C@]2(C)CC[C@]3(C)C(=CC(=O)[C@@H]4[C@@]5(C)CC[C@H](N6CCCC6=O)[C@@](C)(C(=O)O)[C@@H]5CC[C@]43C)[C@@H]2C1. The van der Waals surface area contributed by atoms with E-state index in [0.717, 1.165) is 44.9 Å². The van der Waals surface area contributed by atoms with Gasteiger partial charge in [-0.1, -0.05) is 33.3 Å². The normalized spacial score (nSPS) is 51.2. The molecule has 4 saturated carbocycles. The summed E-state index contributed by atoms with van der Waals surface area (Å²) in [5.74, 6) is -1.86. The van der Waals surface area contributed by atoms with Crippen molar-refractivity contribution in [1.82, 2.24) is 4.90 Å². The molecule has 7 nitrogen and oxygen atoms in total. The zero-order valence-corrected chi connectivity index (χ0v) is 25.8. The Labute approximate surface area is 244 Å². The van der Waals surface area contributed by atoms with Crippen molar-refractivity contribution in [3.8, 4) is 0 Å². The molecular formula is C34H49NO6. The summed E-state index contributed by atoms with van der Waals surface area (Å²) < 4.78 is 0. The highest BCUT2D eigenvalue weighted by Crippen LogP contribution is 2.75. The number of carbonyl (C=O) groups is 4. The van der Waals surface area contributed by atoms with E-state index >= 15 is 0 Å². The molecule has 5 fully saturated rings. The minimum Gasteiger partial charge on any atom is -0.481 e. The zero-order valence-electron chi connectivity index (χ0n) is 25.8. The van der Waals surface area contributed by atoms with E-state index in [2.05, 4.69) is 27.7 Å². The molecule has 10 atom stereocenters. The summed E-state index contributed by atoms with van der Waals surface area (Å²) in [4.78, 5) is 54.7. The summed E-state index contributed by atoms with van der Waals surface area (Å²) in [5.41, 5.74) is -1.83. The first-order valence-electron chi connectivity index (χ1n) is 16.0. The molecule has 0 unspecified atom stereocenters. The fourth-order valence-electron chi connectivity index (χ4n) is 11.8. The van der Waals surface area contributed by atoms with Gasteiger partial charge in [-0.25, -0.2) is 0 Å². The Bertz CT molecular complexity index is 1260. The Kier molecular flexibility index (Phi) is 6.13. The van der Waals surface area contributed by atoms with Gasteiger partial charge in [0.2, 0.25) is 5.91 Å². The molecule has 0 aromatic carbocycles. The molecule has 0 spiro atoms. The topological polar surface area (TPSA) is 112 Å². The lowest BCUT2D eigenvalue weighted by atomic mass is 9.33. The molecule has 1 aliphatic heterocycles. The molecule has 7 heteroatoms. The summed E-state index contributed by atoms with van der Waals surface area (Å²) in [6.07, 6.45) is 10.1. The molecule has 0 bridgehead atoms. The summed E-state index contributed by atoms with van der Waals surface area (Å²) in [6, 6.07) is -0.343. The first-order chi connectivity index (χ1) is 19.0. The second-order valence-electron chi connectivity index (χ2n) is 16.4. The number of allylic oxidation sites excluding steroid dienone is 2. The van der Waals surface area contributed by atoms with Crippen LogP contribution in [0, 0.1) is 50.2 Å². The van der Waals surface area contributed by atoms with E-state index in [0.29, 0.717) is 32.2 Å². The van der Waals surface area contributed by atoms with E-state index in [1.54, 1.807) is 0 Å². The van der Waals surface area contributed by atoms with Crippen LogP contribution in [0.5, 0.6) is 0 Å². The number of rotatable bonds is 3. The first kappa shape index (κ1) is 28.9. The van der Waals surface area contributed by atoms with Crippen LogP contribution in [-0.4, -0.2) is 51.3 Å². The summed E-state index contributed by atoms with van der Waals surface area (Å²) >= 11 is 0. The van der Waals surface area contributed by atoms with Crippen LogP contribution in [0.15, 0.2) is 11.6 Å². The largest absolute Gasteiger partial charge is 0.481 e. The van der Waals surface area contributed by atoms with Crippen molar-refractivity contribution in [1.29, 1.82) is 0 Å². The van der Waals surface area contributed by atoms with Crippen LogP contribution in [0.2, 0.25) is 0 Å². The Morgan fingerprint density at radius 3 is 2.17 bits per heavy atom. The Morgan fingerprint density at radius 2 is 1.56 bits per heavy atom. The van der Waals surface area contributed by atoms with Crippen LogP contribution in [0.1, 0.15) is 112 Å². The van der Waals surface area contributed by atoms with Crippen molar-refractivity contribution >= 4 is 23.6 Å². The van der Waals surface area contributed by atoms with Crippen molar-refractivity contribution in [3.05, 3.63) is 11.6 Å². The maximum atomic E-state index is 14.5. The predicted octanol–water partition coefficient (Wildman–Crippen LogP) is 6.11. The fraction of sp³-hybridized carbons (Fsp3) is 0.824.